The van der Waals surface area contributed by atoms with Gasteiger partial charge >= 0.3 is 5.97 Å². The first-order valence-electron chi connectivity index (χ1n) is 6.32. The molecule has 0 radical (unpaired) electrons. The van der Waals surface area contributed by atoms with Gasteiger partial charge < -0.3 is 15.8 Å². The van der Waals surface area contributed by atoms with Crippen LogP contribution in [0.15, 0.2) is 24.3 Å². The molecule has 1 aromatic rings. The van der Waals surface area contributed by atoms with Crippen LogP contribution in [0.5, 0.6) is 0 Å². The molecule has 0 aliphatic carbocycles. The fourth-order valence-electron chi connectivity index (χ4n) is 1.82. The van der Waals surface area contributed by atoms with Crippen molar-refractivity contribution in [1.29, 1.82) is 0 Å². The van der Waals surface area contributed by atoms with Crippen molar-refractivity contribution in [2.75, 3.05) is 19.0 Å². The Morgan fingerprint density at radius 1 is 1.37 bits per heavy atom. The number of hydrogen-bond acceptors (Lipinski definition) is 4. The molecule has 1 atom stereocenters. The van der Waals surface area contributed by atoms with Crippen LogP contribution in [0.3, 0.4) is 0 Å². The van der Waals surface area contributed by atoms with Crippen molar-refractivity contribution in [3.63, 3.8) is 0 Å². The second-order valence-electron chi connectivity index (χ2n) is 4.25. The number of carbonyl (C=O) groups excluding carboxylic acids is 2. The number of ether oxygens (including phenoxy) is 1. The highest BCUT2D eigenvalue weighted by atomic mass is 16.5. The van der Waals surface area contributed by atoms with E-state index in [2.05, 4.69) is 10.1 Å². The van der Waals surface area contributed by atoms with E-state index in [1.54, 1.807) is 24.3 Å². The number of hydrogen-bond donors (Lipinski definition) is 2. The number of carbonyl (C=O) groups is 2. The van der Waals surface area contributed by atoms with Crippen molar-refractivity contribution < 1.29 is 14.3 Å². The van der Waals surface area contributed by atoms with Gasteiger partial charge in [0.1, 0.15) is 0 Å². The summed E-state index contributed by atoms with van der Waals surface area (Å²) in [5, 5.41) is 2.74. The summed E-state index contributed by atoms with van der Waals surface area (Å²) in [5.41, 5.74) is 6.38. The molecule has 5 heteroatoms. The second kappa shape index (κ2) is 7.53. The van der Waals surface area contributed by atoms with Gasteiger partial charge in [-0.3, -0.25) is 4.79 Å². The highest BCUT2D eigenvalue weighted by Gasteiger charge is 2.18. The third-order valence-corrected chi connectivity index (χ3v) is 2.88. The van der Waals surface area contributed by atoms with Crippen LogP contribution >= 0.6 is 0 Å². The zero-order chi connectivity index (χ0) is 14.3. The van der Waals surface area contributed by atoms with Crippen LogP contribution in [-0.2, 0) is 9.53 Å². The minimum absolute atomic E-state index is 0.166. The van der Waals surface area contributed by atoms with Gasteiger partial charge in [0.05, 0.1) is 24.3 Å². The molecule has 1 unspecified atom stereocenters. The zero-order valence-corrected chi connectivity index (χ0v) is 11.3. The van der Waals surface area contributed by atoms with E-state index in [1.165, 1.54) is 7.11 Å². The number of anilines is 1. The first-order valence-corrected chi connectivity index (χ1v) is 6.32. The molecule has 5 nitrogen and oxygen atoms in total. The Morgan fingerprint density at radius 2 is 2.05 bits per heavy atom. The highest BCUT2D eigenvalue weighted by molar-refractivity contribution is 6.01. The predicted molar refractivity (Wildman–Crippen MR) is 73.9 cm³/mol. The van der Waals surface area contributed by atoms with Gasteiger partial charge in [-0.05, 0) is 18.6 Å². The van der Waals surface area contributed by atoms with Gasteiger partial charge in [-0.25, -0.2) is 4.79 Å². The largest absolute Gasteiger partial charge is 0.465 e. The van der Waals surface area contributed by atoms with Crippen LogP contribution in [0.1, 0.15) is 30.1 Å². The summed E-state index contributed by atoms with van der Waals surface area (Å²) in [4.78, 5) is 23.6. The second-order valence-corrected chi connectivity index (χ2v) is 4.25. The van der Waals surface area contributed by atoms with Gasteiger partial charge in [-0.15, -0.1) is 0 Å². The van der Waals surface area contributed by atoms with Crippen molar-refractivity contribution in [3.05, 3.63) is 29.8 Å². The van der Waals surface area contributed by atoms with Crippen LogP contribution in [0.25, 0.3) is 0 Å². The normalized spacial score (nSPS) is 11.7. The third kappa shape index (κ3) is 4.06. The number of amides is 1. The molecule has 0 fully saturated rings. The average Bonchev–Trinajstić information content (AvgIpc) is 2.44. The topological polar surface area (TPSA) is 81.4 Å². The molecule has 0 saturated heterocycles. The molecular weight excluding hydrogens is 244 g/mol. The van der Waals surface area contributed by atoms with E-state index in [4.69, 9.17) is 5.73 Å². The van der Waals surface area contributed by atoms with E-state index >= 15 is 0 Å². The molecule has 104 valence electrons. The van der Waals surface area contributed by atoms with Crippen LogP contribution < -0.4 is 11.1 Å². The van der Waals surface area contributed by atoms with E-state index in [1.807, 2.05) is 6.92 Å². The number of benzene rings is 1. The highest BCUT2D eigenvalue weighted by Crippen LogP contribution is 2.17. The van der Waals surface area contributed by atoms with Crippen molar-refractivity contribution in [2.24, 2.45) is 11.7 Å². The zero-order valence-electron chi connectivity index (χ0n) is 11.3. The number of nitrogens with two attached hydrogens (primary N) is 1. The SMILES string of the molecule is CCCC(CN)C(=O)Nc1ccccc1C(=O)OC. The van der Waals surface area contributed by atoms with E-state index < -0.39 is 5.97 Å². The quantitative estimate of drug-likeness (QED) is 0.767. The smallest absolute Gasteiger partial charge is 0.339 e. The molecule has 3 N–H and O–H groups in total. The lowest BCUT2D eigenvalue weighted by molar-refractivity contribution is -0.119. The molecule has 1 aromatic carbocycles. The lowest BCUT2D eigenvalue weighted by atomic mass is 10.0. The molecule has 0 bridgehead atoms. The molecule has 0 aliphatic rings. The number of rotatable bonds is 6. The van der Waals surface area contributed by atoms with E-state index in [0.717, 1.165) is 12.8 Å². The molecule has 1 amide bonds. The van der Waals surface area contributed by atoms with Crippen molar-refractivity contribution in [2.45, 2.75) is 19.8 Å². The minimum Gasteiger partial charge on any atom is -0.465 e. The van der Waals surface area contributed by atoms with Crippen LogP contribution in [0, 0.1) is 5.92 Å². The fourth-order valence-corrected chi connectivity index (χ4v) is 1.82. The van der Waals surface area contributed by atoms with E-state index in [9.17, 15) is 9.59 Å². The Morgan fingerprint density at radius 3 is 2.63 bits per heavy atom. The first-order chi connectivity index (χ1) is 9.13. The molecule has 0 heterocycles. The third-order valence-electron chi connectivity index (χ3n) is 2.88. The Labute approximate surface area is 113 Å². The lowest BCUT2D eigenvalue weighted by Crippen LogP contribution is -2.29. The molecule has 0 spiro atoms. The van der Waals surface area contributed by atoms with E-state index in [0.29, 0.717) is 17.8 Å². The predicted octanol–water partition coefficient (Wildman–Crippen LogP) is 1.79. The van der Waals surface area contributed by atoms with Gasteiger partial charge in [0.25, 0.3) is 0 Å². The standard InChI is InChI=1S/C14H20N2O3/c1-3-6-10(9-15)13(17)16-12-8-5-4-7-11(12)14(18)19-2/h4-5,7-8,10H,3,6,9,15H2,1-2H3,(H,16,17). The summed E-state index contributed by atoms with van der Waals surface area (Å²) in [6.45, 7) is 2.29. The number of nitrogens with one attached hydrogen (secondary N) is 1. The first kappa shape index (κ1) is 15.2. The summed E-state index contributed by atoms with van der Waals surface area (Å²) in [6.07, 6.45) is 1.61. The fraction of sp³-hybridized carbons (Fsp3) is 0.429. The van der Waals surface area contributed by atoms with Crippen molar-refractivity contribution in [1.82, 2.24) is 0 Å². The Balaban J connectivity index is 2.87. The van der Waals surface area contributed by atoms with Gasteiger partial charge in [-0.2, -0.15) is 0 Å². The van der Waals surface area contributed by atoms with Crippen LogP contribution in [-0.4, -0.2) is 25.5 Å². The minimum atomic E-state index is -0.476. The summed E-state index contributed by atoms with van der Waals surface area (Å²) < 4.78 is 4.68. The monoisotopic (exact) mass is 264 g/mol. The molecule has 0 saturated carbocycles. The van der Waals surface area contributed by atoms with Crippen molar-refractivity contribution in [3.8, 4) is 0 Å². The molecule has 0 aliphatic heterocycles. The van der Waals surface area contributed by atoms with Crippen LogP contribution in [0.4, 0.5) is 5.69 Å². The Hall–Kier alpha value is -1.88. The Kier molecular flexibility index (Phi) is 6.02. The number of methoxy groups -OCH3 is 1. The summed E-state index contributed by atoms with van der Waals surface area (Å²) in [5.74, 6) is -0.882. The molecule has 19 heavy (non-hydrogen) atoms. The summed E-state index contributed by atoms with van der Waals surface area (Å²) in [7, 11) is 1.31. The van der Waals surface area contributed by atoms with Gasteiger partial charge in [0.15, 0.2) is 0 Å². The van der Waals surface area contributed by atoms with Gasteiger partial charge in [0.2, 0.25) is 5.91 Å². The summed E-state index contributed by atoms with van der Waals surface area (Å²) >= 11 is 0. The maximum atomic E-state index is 12.1. The van der Waals surface area contributed by atoms with Gasteiger partial charge in [-0.1, -0.05) is 25.5 Å². The molecule has 0 aromatic heterocycles. The van der Waals surface area contributed by atoms with Crippen LogP contribution in [0.2, 0.25) is 0 Å². The lowest BCUT2D eigenvalue weighted by Gasteiger charge is -2.15. The van der Waals surface area contributed by atoms with Gasteiger partial charge in [0, 0.05) is 6.54 Å². The van der Waals surface area contributed by atoms with E-state index in [-0.39, 0.29) is 11.8 Å². The molecule has 1 rings (SSSR count). The molecular formula is C14H20N2O3. The van der Waals surface area contributed by atoms with Crippen molar-refractivity contribution >= 4 is 17.6 Å². The number of para-hydroxylation sites is 1. The maximum Gasteiger partial charge on any atom is 0.339 e. The number of esters is 1. The summed E-state index contributed by atoms with van der Waals surface area (Å²) in [6, 6.07) is 6.75. The Bertz CT molecular complexity index is 446. The maximum absolute atomic E-state index is 12.1. The average molecular weight is 264 g/mol.